The van der Waals surface area contributed by atoms with Crippen molar-refractivity contribution in [1.29, 1.82) is 5.26 Å². The first-order valence-corrected chi connectivity index (χ1v) is 5.16. The van der Waals surface area contributed by atoms with Crippen LogP contribution in [0.15, 0.2) is 38.3 Å². The van der Waals surface area contributed by atoms with E-state index in [1.165, 1.54) is 13.4 Å². The zero-order valence-electron chi connectivity index (χ0n) is 9.39. The van der Waals surface area contributed by atoms with Gasteiger partial charge in [-0.25, -0.2) is 0 Å². The van der Waals surface area contributed by atoms with Gasteiger partial charge in [0.25, 0.3) is 0 Å². The van der Waals surface area contributed by atoms with E-state index in [1.807, 2.05) is 0 Å². The molecule has 0 spiro atoms. The average molecular weight is 241 g/mol. The molecule has 3 aromatic rings. The van der Waals surface area contributed by atoms with Gasteiger partial charge in [0.05, 0.1) is 18.8 Å². The van der Waals surface area contributed by atoms with Crippen LogP contribution >= 0.6 is 0 Å². The number of ether oxygens (including phenoxy) is 1. The quantitative estimate of drug-likeness (QED) is 0.653. The van der Waals surface area contributed by atoms with Crippen LogP contribution < -0.4 is 10.2 Å². The Morgan fingerprint density at radius 2 is 2.17 bits per heavy atom. The monoisotopic (exact) mass is 241 g/mol. The molecule has 0 aliphatic rings. The molecule has 0 radical (unpaired) electrons. The maximum absolute atomic E-state index is 12.1. The third-order valence-electron chi connectivity index (χ3n) is 2.78. The van der Waals surface area contributed by atoms with E-state index in [4.69, 9.17) is 18.8 Å². The van der Waals surface area contributed by atoms with E-state index in [9.17, 15) is 4.79 Å². The van der Waals surface area contributed by atoms with Gasteiger partial charge in [0.2, 0.25) is 5.43 Å². The molecule has 2 heterocycles. The van der Waals surface area contributed by atoms with Crippen LogP contribution in [0.2, 0.25) is 0 Å². The summed E-state index contributed by atoms with van der Waals surface area (Å²) in [6.07, 6.45) is 2.64. The molecule has 0 saturated heterocycles. The van der Waals surface area contributed by atoms with E-state index >= 15 is 0 Å². The Bertz CT molecular complexity index is 851. The van der Waals surface area contributed by atoms with Crippen molar-refractivity contribution in [2.24, 2.45) is 0 Å². The van der Waals surface area contributed by atoms with Gasteiger partial charge in [-0.1, -0.05) is 0 Å². The van der Waals surface area contributed by atoms with Crippen LogP contribution in [-0.4, -0.2) is 7.11 Å². The largest absolute Gasteiger partial charge is 0.495 e. The molecular weight excluding hydrogens is 234 g/mol. The van der Waals surface area contributed by atoms with Crippen molar-refractivity contribution in [2.75, 3.05) is 7.11 Å². The molecule has 2 aromatic heterocycles. The lowest BCUT2D eigenvalue weighted by molar-refractivity contribution is 0.423. The van der Waals surface area contributed by atoms with E-state index in [-0.39, 0.29) is 10.9 Å². The summed E-state index contributed by atoms with van der Waals surface area (Å²) < 4.78 is 15.8. The number of hydrogen-bond acceptors (Lipinski definition) is 5. The Morgan fingerprint density at radius 3 is 2.89 bits per heavy atom. The SMILES string of the molecule is COc1c2ccoc2cc2occ(C#N)c(=O)c12. The molecule has 0 atom stereocenters. The summed E-state index contributed by atoms with van der Waals surface area (Å²) in [5, 5.41) is 9.77. The number of hydrogen-bond donors (Lipinski definition) is 0. The molecular formula is C13H7NO4. The number of fused-ring (bicyclic) bond motifs is 2. The first kappa shape index (κ1) is 10.4. The summed E-state index contributed by atoms with van der Waals surface area (Å²) in [5.41, 5.74) is 0.438. The molecule has 3 rings (SSSR count). The molecule has 0 amide bonds. The molecule has 0 aliphatic heterocycles. The van der Waals surface area contributed by atoms with Gasteiger partial charge in [0, 0.05) is 6.07 Å². The van der Waals surface area contributed by atoms with E-state index in [1.54, 1.807) is 18.2 Å². The number of nitrogens with zero attached hydrogens (tertiary/aromatic N) is 1. The topological polar surface area (TPSA) is 76.4 Å². The molecule has 5 heteroatoms. The molecule has 1 aromatic carbocycles. The van der Waals surface area contributed by atoms with Crippen LogP contribution in [0.3, 0.4) is 0 Å². The van der Waals surface area contributed by atoms with Gasteiger partial charge in [-0.05, 0) is 6.07 Å². The van der Waals surface area contributed by atoms with E-state index in [0.29, 0.717) is 22.3 Å². The summed E-state index contributed by atoms with van der Waals surface area (Å²) in [6, 6.07) is 5.10. The first-order chi connectivity index (χ1) is 8.76. The molecule has 0 bridgehead atoms. The summed E-state index contributed by atoms with van der Waals surface area (Å²) in [6.45, 7) is 0. The van der Waals surface area contributed by atoms with Crippen molar-refractivity contribution in [3.63, 3.8) is 0 Å². The lowest BCUT2D eigenvalue weighted by Crippen LogP contribution is -2.07. The van der Waals surface area contributed by atoms with Crippen LogP contribution in [0.1, 0.15) is 5.56 Å². The summed E-state index contributed by atoms with van der Waals surface area (Å²) in [4.78, 5) is 12.1. The predicted molar refractivity (Wildman–Crippen MR) is 63.5 cm³/mol. The molecule has 18 heavy (non-hydrogen) atoms. The lowest BCUT2D eigenvalue weighted by atomic mass is 10.1. The van der Waals surface area contributed by atoms with Crippen LogP contribution in [0.5, 0.6) is 5.75 Å². The molecule has 5 nitrogen and oxygen atoms in total. The Labute approximate surface area is 101 Å². The van der Waals surface area contributed by atoms with Crippen molar-refractivity contribution in [3.05, 3.63) is 40.4 Å². The Morgan fingerprint density at radius 1 is 1.33 bits per heavy atom. The predicted octanol–water partition coefficient (Wildman–Crippen LogP) is 2.42. The highest BCUT2D eigenvalue weighted by molar-refractivity contribution is 6.01. The van der Waals surface area contributed by atoms with Crippen molar-refractivity contribution >= 4 is 21.9 Å². The zero-order chi connectivity index (χ0) is 12.7. The second-order valence-corrected chi connectivity index (χ2v) is 3.71. The molecule has 0 fully saturated rings. The fourth-order valence-electron chi connectivity index (χ4n) is 1.97. The second-order valence-electron chi connectivity index (χ2n) is 3.71. The third-order valence-corrected chi connectivity index (χ3v) is 2.78. The van der Waals surface area contributed by atoms with Crippen molar-refractivity contribution in [2.45, 2.75) is 0 Å². The number of benzene rings is 1. The molecule has 0 saturated carbocycles. The highest BCUT2D eigenvalue weighted by Crippen LogP contribution is 2.33. The van der Waals surface area contributed by atoms with E-state index in [2.05, 4.69) is 0 Å². The van der Waals surface area contributed by atoms with Gasteiger partial charge < -0.3 is 13.6 Å². The highest BCUT2D eigenvalue weighted by Gasteiger charge is 2.16. The summed E-state index contributed by atoms with van der Waals surface area (Å²) in [5.74, 6) is 0.363. The van der Waals surface area contributed by atoms with Crippen molar-refractivity contribution in [3.8, 4) is 11.8 Å². The minimum atomic E-state index is -0.404. The zero-order valence-corrected chi connectivity index (χ0v) is 9.39. The first-order valence-electron chi connectivity index (χ1n) is 5.16. The highest BCUT2D eigenvalue weighted by atomic mass is 16.5. The molecule has 88 valence electrons. The van der Waals surface area contributed by atoms with Gasteiger partial charge in [0.1, 0.15) is 40.2 Å². The fourth-order valence-corrected chi connectivity index (χ4v) is 1.97. The van der Waals surface area contributed by atoms with Gasteiger partial charge >= 0.3 is 0 Å². The molecule has 0 unspecified atom stereocenters. The Balaban J connectivity index is 2.63. The number of nitriles is 1. The van der Waals surface area contributed by atoms with Gasteiger partial charge in [-0.3, -0.25) is 4.79 Å². The van der Waals surface area contributed by atoms with Crippen molar-refractivity contribution in [1.82, 2.24) is 0 Å². The van der Waals surface area contributed by atoms with Crippen LogP contribution in [0.4, 0.5) is 0 Å². The maximum Gasteiger partial charge on any atom is 0.214 e. The smallest absolute Gasteiger partial charge is 0.214 e. The maximum atomic E-state index is 12.1. The second kappa shape index (κ2) is 3.64. The van der Waals surface area contributed by atoms with Crippen LogP contribution in [-0.2, 0) is 0 Å². The van der Waals surface area contributed by atoms with Crippen molar-refractivity contribution < 1.29 is 13.6 Å². The number of furan rings is 1. The van der Waals surface area contributed by atoms with Gasteiger partial charge in [-0.2, -0.15) is 5.26 Å². The normalized spacial score (nSPS) is 10.7. The van der Waals surface area contributed by atoms with E-state index in [0.717, 1.165) is 6.26 Å². The number of rotatable bonds is 1. The average Bonchev–Trinajstić information content (AvgIpc) is 2.84. The summed E-state index contributed by atoms with van der Waals surface area (Å²) >= 11 is 0. The standard InChI is InChI=1S/C13H7NO4/c1-16-13-8-2-3-17-9(8)4-10-11(13)12(15)7(5-14)6-18-10/h2-4,6H,1H3. The van der Waals surface area contributed by atoms with Crippen LogP contribution in [0, 0.1) is 11.3 Å². The fraction of sp³-hybridized carbons (Fsp3) is 0.0769. The molecule has 0 N–H and O–H groups in total. The third kappa shape index (κ3) is 1.23. The lowest BCUT2D eigenvalue weighted by Gasteiger charge is -2.05. The Hall–Kier alpha value is -2.74. The Kier molecular flexibility index (Phi) is 2.10. The molecule has 0 aliphatic carbocycles. The number of methoxy groups -OCH3 is 1. The van der Waals surface area contributed by atoms with Gasteiger partial charge in [-0.15, -0.1) is 0 Å². The van der Waals surface area contributed by atoms with Gasteiger partial charge in [0.15, 0.2) is 0 Å². The minimum absolute atomic E-state index is 0.0522. The van der Waals surface area contributed by atoms with E-state index < -0.39 is 5.43 Å². The summed E-state index contributed by atoms with van der Waals surface area (Å²) in [7, 11) is 1.46. The minimum Gasteiger partial charge on any atom is -0.495 e. The van der Waals surface area contributed by atoms with Crippen LogP contribution in [0.25, 0.3) is 21.9 Å².